The van der Waals surface area contributed by atoms with E-state index in [9.17, 15) is 62.4 Å². The number of alkyl halides is 6. The number of nitrogens with zero attached hydrogens (tertiary/aromatic N) is 1. The van der Waals surface area contributed by atoms with Crippen LogP contribution in [-0.2, 0) is 49.6 Å². The molecule has 3 aromatic rings. The lowest BCUT2D eigenvalue weighted by atomic mass is 9.78. The SMILES string of the molecule is COC(=O)CN(CC(=O)OC)C(=O)c1ccc2c(c1)C1(OC2=O)c2cc(F)c(OS(=O)(=O)C(F)(F)F)c(F)c2[Si](C)(C)c2c1cc(F)c(OS(=O)(=O)C(F)(F)F)c2F. The molecule has 1 spiro atoms. The zero-order valence-electron chi connectivity index (χ0n) is 29.2. The first kappa shape index (κ1) is 43.7. The average Bonchev–Trinajstić information content (AvgIpc) is 3.40. The second kappa shape index (κ2) is 14.1. The molecule has 0 unspecified atom stereocenters. The Morgan fingerprint density at radius 2 is 1.14 bits per heavy atom. The molecule has 0 bridgehead atoms. The van der Waals surface area contributed by atoms with Crippen molar-refractivity contribution in [1.29, 1.82) is 0 Å². The molecule has 0 atom stereocenters. The van der Waals surface area contributed by atoms with Gasteiger partial charge in [0, 0.05) is 22.3 Å². The number of rotatable bonds is 9. The summed E-state index contributed by atoms with van der Waals surface area (Å²) < 4.78 is 214. The number of fused-ring (bicyclic) bond motifs is 6. The van der Waals surface area contributed by atoms with E-state index in [1.807, 2.05) is 0 Å². The third-order valence-electron chi connectivity index (χ3n) is 8.81. The lowest BCUT2D eigenvalue weighted by Crippen LogP contribution is -2.65. The van der Waals surface area contributed by atoms with Gasteiger partial charge in [0.25, 0.3) is 5.91 Å². The van der Waals surface area contributed by atoms with Crippen molar-refractivity contribution in [3.63, 3.8) is 0 Å². The molecule has 3 aromatic carbocycles. The van der Waals surface area contributed by atoms with E-state index >= 15 is 17.6 Å². The van der Waals surface area contributed by atoms with Gasteiger partial charge in [-0.2, -0.15) is 43.2 Å². The maximum atomic E-state index is 16.7. The molecule has 14 nitrogen and oxygen atoms in total. The van der Waals surface area contributed by atoms with E-state index in [4.69, 9.17) is 4.74 Å². The number of hydrogen-bond acceptors (Lipinski definition) is 13. The van der Waals surface area contributed by atoms with E-state index in [0.717, 1.165) is 39.4 Å². The summed E-state index contributed by atoms with van der Waals surface area (Å²) in [7, 11) is -16.7. The Kier molecular flexibility index (Phi) is 10.6. The van der Waals surface area contributed by atoms with Gasteiger partial charge >= 0.3 is 49.2 Å². The fourth-order valence-electron chi connectivity index (χ4n) is 6.33. The second-order valence-corrected chi connectivity index (χ2v) is 19.9. The van der Waals surface area contributed by atoms with Gasteiger partial charge in [-0.05, 0) is 40.7 Å². The van der Waals surface area contributed by atoms with Gasteiger partial charge < -0.3 is 27.5 Å². The van der Waals surface area contributed by atoms with Gasteiger partial charge in [-0.1, -0.05) is 13.1 Å². The molecule has 27 heteroatoms. The van der Waals surface area contributed by atoms with Crippen LogP contribution in [0, 0.1) is 23.3 Å². The van der Waals surface area contributed by atoms with Crippen molar-refractivity contribution in [3.05, 3.63) is 81.4 Å². The molecule has 2 heterocycles. The number of methoxy groups -OCH3 is 2. The summed E-state index contributed by atoms with van der Waals surface area (Å²) in [6.45, 7) is -0.154. The number of ether oxygens (including phenoxy) is 3. The minimum absolute atomic E-state index is 0.0728. The van der Waals surface area contributed by atoms with Crippen LogP contribution in [0.1, 0.15) is 37.4 Å². The van der Waals surface area contributed by atoms with Crippen LogP contribution in [-0.4, -0.2) is 92.0 Å². The Morgan fingerprint density at radius 3 is 1.52 bits per heavy atom. The van der Waals surface area contributed by atoms with Crippen molar-refractivity contribution in [2.75, 3.05) is 27.3 Å². The molecule has 5 rings (SSSR count). The number of benzene rings is 3. The lowest BCUT2D eigenvalue weighted by molar-refractivity contribution is -0.144. The van der Waals surface area contributed by atoms with Crippen LogP contribution in [0.3, 0.4) is 0 Å². The molecule has 2 aliphatic heterocycles. The van der Waals surface area contributed by atoms with Gasteiger partial charge in [0.1, 0.15) is 21.2 Å². The van der Waals surface area contributed by atoms with Crippen LogP contribution >= 0.6 is 0 Å². The first-order valence-electron chi connectivity index (χ1n) is 15.4. The maximum Gasteiger partial charge on any atom is 0.534 e. The third kappa shape index (κ3) is 6.86. The standard InChI is InChI=1S/C31H21F10NO13S2Si/c1-51-19(43)10-42(11-20(44)52-2)27(45)12-5-6-13-14(7-12)29(53-28(13)46)15-8-17(32)23(54-56(47,48)30(36,37)38)21(34)25(15)58(3,4)26-16(29)9-18(33)24(22(26)35)55-57(49,50)31(39,40)41/h5-9H,10-11H2,1-4H3. The fourth-order valence-corrected chi connectivity index (χ4v) is 10.7. The van der Waals surface area contributed by atoms with Crippen molar-refractivity contribution < 1.29 is 102 Å². The number of esters is 3. The molecule has 2 aliphatic rings. The fraction of sp³-hybridized carbons (Fsp3) is 0.290. The van der Waals surface area contributed by atoms with Gasteiger partial charge in [-0.25, -0.2) is 22.4 Å². The summed E-state index contributed by atoms with van der Waals surface area (Å²) in [5.74, 6) is -18.7. The number of carbonyl (C=O) groups is 4. The molecule has 0 aromatic heterocycles. The molecule has 0 radical (unpaired) electrons. The predicted molar refractivity (Wildman–Crippen MR) is 172 cm³/mol. The normalized spacial score (nSPS) is 15.4. The maximum absolute atomic E-state index is 16.7. The van der Waals surface area contributed by atoms with Crippen LogP contribution in [0.5, 0.6) is 11.5 Å². The number of carbonyl (C=O) groups excluding carboxylic acids is 4. The van der Waals surface area contributed by atoms with Crippen LogP contribution in [0.4, 0.5) is 43.9 Å². The highest BCUT2D eigenvalue weighted by atomic mass is 32.2. The first-order chi connectivity index (χ1) is 26.5. The van der Waals surface area contributed by atoms with Crippen LogP contribution in [0.15, 0.2) is 30.3 Å². The van der Waals surface area contributed by atoms with Gasteiger partial charge in [-0.3, -0.25) is 14.4 Å². The monoisotopic (exact) mass is 897 g/mol. The van der Waals surface area contributed by atoms with Gasteiger partial charge in [-0.15, -0.1) is 0 Å². The molecule has 0 fully saturated rings. The average molecular weight is 898 g/mol. The smallest absolute Gasteiger partial charge is 0.468 e. The quantitative estimate of drug-likeness (QED) is 0.0763. The Labute approximate surface area is 319 Å². The first-order valence-corrected chi connectivity index (χ1v) is 21.2. The van der Waals surface area contributed by atoms with Crippen molar-refractivity contribution in [3.8, 4) is 11.5 Å². The molecule has 314 valence electrons. The largest absolute Gasteiger partial charge is 0.534 e. The van der Waals surface area contributed by atoms with E-state index in [1.54, 1.807) is 0 Å². The number of hydrogen-bond donors (Lipinski definition) is 0. The Balaban J connectivity index is 1.92. The summed E-state index contributed by atoms with van der Waals surface area (Å²) in [6.07, 6.45) is 0. The predicted octanol–water partition coefficient (Wildman–Crippen LogP) is 3.09. The highest BCUT2D eigenvalue weighted by Gasteiger charge is 2.60. The van der Waals surface area contributed by atoms with E-state index in [0.29, 0.717) is 11.0 Å². The third-order valence-corrected chi connectivity index (χ3v) is 14.2. The van der Waals surface area contributed by atoms with Crippen molar-refractivity contribution in [2.45, 2.75) is 29.7 Å². The molecule has 58 heavy (non-hydrogen) atoms. The summed E-state index contributed by atoms with van der Waals surface area (Å²) in [5, 5.41) is -2.39. The van der Waals surface area contributed by atoms with Gasteiger partial charge in [0.2, 0.25) is 11.5 Å². The van der Waals surface area contributed by atoms with Gasteiger partial charge in [0.05, 0.1) is 19.8 Å². The zero-order valence-corrected chi connectivity index (χ0v) is 31.8. The highest BCUT2D eigenvalue weighted by Crippen LogP contribution is 2.52. The van der Waals surface area contributed by atoms with Gasteiger partial charge in [0.15, 0.2) is 28.9 Å². The lowest BCUT2D eigenvalue weighted by Gasteiger charge is -2.44. The van der Waals surface area contributed by atoms with Crippen LogP contribution in [0.25, 0.3) is 0 Å². The second-order valence-electron chi connectivity index (χ2n) is 12.6. The van der Waals surface area contributed by atoms with E-state index in [-0.39, 0.29) is 12.1 Å². The Morgan fingerprint density at radius 1 is 0.724 bits per heavy atom. The number of amides is 1. The van der Waals surface area contributed by atoms with Crippen LogP contribution in [0.2, 0.25) is 13.1 Å². The van der Waals surface area contributed by atoms with Crippen molar-refractivity contribution in [2.24, 2.45) is 0 Å². The van der Waals surface area contributed by atoms with E-state index in [1.165, 1.54) is 0 Å². The molecule has 0 saturated carbocycles. The molecular weight excluding hydrogens is 877 g/mol. The minimum Gasteiger partial charge on any atom is -0.468 e. The molecule has 1 amide bonds. The molecule has 0 N–H and O–H groups in total. The Bertz CT molecular complexity index is 2410. The highest BCUT2D eigenvalue weighted by molar-refractivity contribution is 7.88. The zero-order chi connectivity index (χ0) is 43.9. The van der Waals surface area contributed by atoms with Crippen molar-refractivity contribution in [1.82, 2.24) is 4.90 Å². The van der Waals surface area contributed by atoms with E-state index < -0.39 is 155 Å². The topological polar surface area (TPSA) is 186 Å². The summed E-state index contributed by atoms with van der Waals surface area (Å²) in [4.78, 5) is 52.0. The molecular formula is C31H21F10NO13S2Si. The minimum atomic E-state index is -6.88. The number of halogens is 10. The summed E-state index contributed by atoms with van der Waals surface area (Å²) in [6, 6.07) is 2.53. The van der Waals surface area contributed by atoms with Crippen LogP contribution < -0.4 is 18.7 Å². The van der Waals surface area contributed by atoms with E-state index in [2.05, 4.69) is 17.8 Å². The molecule has 0 saturated heterocycles. The Hall–Kier alpha value is -5.44. The summed E-state index contributed by atoms with van der Waals surface area (Å²) >= 11 is 0. The molecule has 0 aliphatic carbocycles. The summed E-state index contributed by atoms with van der Waals surface area (Å²) in [5.41, 5.74) is -19.9. The van der Waals surface area contributed by atoms with Crippen molar-refractivity contribution >= 4 is 62.5 Å².